The van der Waals surface area contributed by atoms with Gasteiger partial charge in [0.25, 0.3) is 0 Å². The molecule has 0 aliphatic carbocycles. The van der Waals surface area contributed by atoms with E-state index in [1.54, 1.807) is 12.1 Å². The van der Waals surface area contributed by atoms with Crippen molar-refractivity contribution in [2.75, 3.05) is 26.2 Å². The largest absolute Gasteiger partial charge is 0.375 e. The van der Waals surface area contributed by atoms with Gasteiger partial charge in [-0.05, 0) is 48.4 Å². The second-order valence-corrected chi connectivity index (χ2v) is 8.04. The average molecular weight is 401 g/mol. The van der Waals surface area contributed by atoms with Crippen LogP contribution in [0.1, 0.15) is 23.6 Å². The number of benzene rings is 3. The van der Waals surface area contributed by atoms with E-state index >= 15 is 0 Å². The van der Waals surface area contributed by atoms with Crippen molar-refractivity contribution >= 4 is 0 Å². The van der Waals surface area contributed by atoms with Crippen LogP contribution in [0.25, 0.3) is 0 Å². The first kappa shape index (κ1) is 20.4. The molecule has 3 aromatic carbocycles. The van der Waals surface area contributed by atoms with Gasteiger partial charge in [0.05, 0.1) is 5.54 Å². The molecule has 3 heteroatoms. The van der Waals surface area contributed by atoms with Gasteiger partial charge in [-0.2, -0.15) is 0 Å². The molecule has 1 saturated heterocycles. The van der Waals surface area contributed by atoms with E-state index in [1.807, 2.05) is 18.2 Å². The summed E-state index contributed by atoms with van der Waals surface area (Å²) in [6, 6.07) is 28.1. The van der Waals surface area contributed by atoms with E-state index < -0.39 is 0 Å². The lowest BCUT2D eigenvalue weighted by atomic mass is 9.82. The number of hydrogen-bond donors (Lipinski definition) is 0. The summed E-state index contributed by atoms with van der Waals surface area (Å²) in [6.45, 7) is 6.14. The van der Waals surface area contributed by atoms with E-state index in [1.165, 1.54) is 11.1 Å². The molecule has 0 spiro atoms. The molecule has 0 saturated carbocycles. The molecule has 1 heterocycles. The summed E-state index contributed by atoms with van der Waals surface area (Å²) >= 11 is 0. The van der Waals surface area contributed by atoms with Gasteiger partial charge in [-0.25, -0.2) is 4.39 Å². The Kier molecular flexibility index (Phi) is 6.29. The highest BCUT2D eigenvalue weighted by Crippen LogP contribution is 2.36. The monoisotopic (exact) mass is 400 g/mol. The quantitative estimate of drug-likeness (QED) is 0.542. The first-order valence-electron chi connectivity index (χ1n) is 10.7. The maximum atomic E-state index is 13.6. The highest BCUT2D eigenvalue weighted by molar-refractivity contribution is 5.38. The summed E-state index contributed by atoms with van der Waals surface area (Å²) in [6.07, 6.45) is 5.45. The molecule has 2 nitrogen and oxygen atoms in total. The fourth-order valence-corrected chi connectivity index (χ4v) is 4.34. The molecule has 30 heavy (non-hydrogen) atoms. The lowest BCUT2D eigenvalue weighted by Gasteiger charge is -2.46. The molecular weight excluding hydrogens is 371 g/mol. The topological polar surface area (TPSA) is 6.48 Å². The normalized spacial score (nSPS) is 17.2. The van der Waals surface area contributed by atoms with E-state index in [2.05, 4.69) is 83.6 Å². The van der Waals surface area contributed by atoms with Crippen LogP contribution in [0.3, 0.4) is 0 Å². The molecule has 0 N–H and O–H groups in total. The van der Waals surface area contributed by atoms with Gasteiger partial charge < -0.3 is 4.90 Å². The third-order valence-electron chi connectivity index (χ3n) is 6.20. The molecule has 1 atom stereocenters. The predicted octanol–water partition coefficient (Wildman–Crippen LogP) is 5.46. The highest BCUT2D eigenvalue weighted by atomic mass is 19.1. The summed E-state index contributed by atoms with van der Waals surface area (Å²) in [4.78, 5) is 4.92. The van der Waals surface area contributed by atoms with Crippen molar-refractivity contribution in [3.8, 4) is 0 Å². The number of hydrogen-bond acceptors (Lipinski definition) is 2. The fraction of sp³-hybridized carbons (Fsp3) is 0.259. The molecule has 0 radical (unpaired) electrons. The SMILES string of the molecule is CC(c1ccccc1)(c1ccc(F)cc1)N1CCN(/C=C/Cc2ccccc2)CC1. The Hall–Kier alpha value is -2.91. The predicted molar refractivity (Wildman–Crippen MR) is 122 cm³/mol. The molecule has 1 unspecified atom stereocenters. The third kappa shape index (κ3) is 4.47. The van der Waals surface area contributed by atoms with Crippen LogP contribution in [0, 0.1) is 5.82 Å². The van der Waals surface area contributed by atoms with Gasteiger partial charge in [0.2, 0.25) is 0 Å². The minimum Gasteiger partial charge on any atom is -0.375 e. The van der Waals surface area contributed by atoms with Crippen molar-refractivity contribution < 1.29 is 4.39 Å². The van der Waals surface area contributed by atoms with Gasteiger partial charge in [0, 0.05) is 26.2 Å². The number of piperazine rings is 1. The Morgan fingerprint density at radius 1 is 0.767 bits per heavy atom. The van der Waals surface area contributed by atoms with E-state index in [-0.39, 0.29) is 11.4 Å². The standard InChI is InChI=1S/C27H29FN2/c1-27(24-12-6-3-7-13-24,25-14-16-26(28)17-15-25)30-21-19-29(20-22-30)18-8-11-23-9-4-2-5-10-23/h2-10,12-18H,11,19-22H2,1H3/b18-8+. The lowest BCUT2D eigenvalue weighted by Crippen LogP contribution is -2.53. The van der Waals surface area contributed by atoms with Gasteiger partial charge in [-0.15, -0.1) is 0 Å². The van der Waals surface area contributed by atoms with Crippen LogP contribution in [0.2, 0.25) is 0 Å². The summed E-state index contributed by atoms with van der Waals surface area (Å²) in [5, 5.41) is 0. The number of rotatable bonds is 6. The molecule has 1 aliphatic heterocycles. The Balaban J connectivity index is 1.48. The molecule has 0 bridgehead atoms. The fourth-order valence-electron chi connectivity index (χ4n) is 4.34. The molecule has 1 fully saturated rings. The minimum absolute atomic E-state index is 0.192. The van der Waals surface area contributed by atoms with Crippen LogP contribution in [-0.4, -0.2) is 36.0 Å². The van der Waals surface area contributed by atoms with Crippen LogP contribution in [0.5, 0.6) is 0 Å². The van der Waals surface area contributed by atoms with Crippen molar-refractivity contribution in [2.24, 2.45) is 0 Å². The zero-order chi connectivity index (χ0) is 20.8. The average Bonchev–Trinajstić information content (AvgIpc) is 2.81. The highest BCUT2D eigenvalue weighted by Gasteiger charge is 2.36. The smallest absolute Gasteiger partial charge is 0.123 e. The Labute approximate surface area is 179 Å². The van der Waals surface area contributed by atoms with Gasteiger partial charge in [0.1, 0.15) is 5.82 Å². The minimum atomic E-state index is -0.283. The zero-order valence-electron chi connectivity index (χ0n) is 17.5. The van der Waals surface area contributed by atoms with Gasteiger partial charge in [0.15, 0.2) is 0 Å². The molecule has 1 aliphatic rings. The lowest BCUT2D eigenvalue weighted by molar-refractivity contribution is 0.0813. The van der Waals surface area contributed by atoms with E-state index in [9.17, 15) is 4.39 Å². The van der Waals surface area contributed by atoms with Crippen LogP contribution in [-0.2, 0) is 12.0 Å². The summed E-state index contributed by atoms with van der Waals surface area (Å²) < 4.78 is 13.6. The second-order valence-electron chi connectivity index (χ2n) is 8.04. The molecule has 3 aromatic rings. The van der Waals surface area contributed by atoms with Gasteiger partial charge in [-0.1, -0.05) is 78.9 Å². The third-order valence-corrected chi connectivity index (χ3v) is 6.20. The number of halogens is 1. The molecule has 154 valence electrons. The van der Waals surface area contributed by atoms with E-state index in [0.29, 0.717) is 0 Å². The number of allylic oxidation sites excluding steroid dienone is 1. The Morgan fingerprint density at radius 2 is 1.33 bits per heavy atom. The zero-order valence-corrected chi connectivity index (χ0v) is 17.5. The van der Waals surface area contributed by atoms with Gasteiger partial charge >= 0.3 is 0 Å². The summed E-state index contributed by atoms with van der Waals surface area (Å²) in [5.41, 5.74) is 3.42. The van der Waals surface area contributed by atoms with Crippen molar-refractivity contribution in [1.29, 1.82) is 0 Å². The molecule has 4 rings (SSSR count). The van der Waals surface area contributed by atoms with Crippen molar-refractivity contribution in [3.63, 3.8) is 0 Å². The van der Waals surface area contributed by atoms with E-state index in [0.717, 1.165) is 38.2 Å². The van der Waals surface area contributed by atoms with Gasteiger partial charge in [-0.3, -0.25) is 4.90 Å². The van der Waals surface area contributed by atoms with E-state index in [4.69, 9.17) is 0 Å². The van der Waals surface area contributed by atoms with Crippen LogP contribution < -0.4 is 0 Å². The second kappa shape index (κ2) is 9.27. The summed E-state index contributed by atoms with van der Waals surface area (Å²) in [5.74, 6) is -0.192. The van der Waals surface area contributed by atoms with Crippen LogP contribution in [0.15, 0.2) is 97.2 Å². The Bertz CT molecular complexity index is 945. The van der Waals surface area contributed by atoms with Crippen LogP contribution >= 0.6 is 0 Å². The Morgan fingerprint density at radius 3 is 1.97 bits per heavy atom. The van der Waals surface area contributed by atoms with Crippen molar-refractivity contribution in [2.45, 2.75) is 18.9 Å². The number of nitrogens with zero attached hydrogens (tertiary/aromatic N) is 2. The molecule has 0 aromatic heterocycles. The molecular formula is C27H29FN2. The van der Waals surface area contributed by atoms with Crippen molar-refractivity contribution in [1.82, 2.24) is 9.80 Å². The maximum Gasteiger partial charge on any atom is 0.123 e. The first-order chi connectivity index (χ1) is 14.7. The molecule has 0 amide bonds. The van der Waals surface area contributed by atoms with Crippen molar-refractivity contribution in [3.05, 3.63) is 120 Å². The first-order valence-corrected chi connectivity index (χ1v) is 10.7. The summed E-state index contributed by atoms with van der Waals surface area (Å²) in [7, 11) is 0. The maximum absolute atomic E-state index is 13.6. The van der Waals surface area contributed by atoms with Crippen LogP contribution in [0.4, 0.5) is 4.39 Å².